The molecule has 0 unspecified atom stereocenters. The molecule has 2 aromatic carbocycles. The van der Waals surface area contributed by atoms with Crippen LogP contribution in [-0.2, 0) is 10.0 Å². The Morgan fingerprint density at radius 3 is 1.83 bits per heavy atom. The Labute approximate surface area is 138 Å². The maximum absolute atomic E-state index is 11.6. The van der Waals surface area contributed by atoms with Gasteiger partial charge in [0.05, 0.1) is 16.3 Å². The zero-order valence-corrected chi connectivity index (χ0v) is 13.7. The van der Waals surface area contributed by atoms with Crippen LogP contribution in [0.5, 0.6) is 0 Å². The van der Waals surface area contributed by atoms with E-state index >= 15 is 0 Å². The first-order valence-electron chi connectivity index (χ1n) is 6.69. The predicted molar refractivity (Wildman–Crippen MR) is 88.9 cm³/mol. The van der Waals surface area contributed by atoms with Gasteiger partial charge in [0.1, 0.15) is 0 Å². The Balaban J connectivity index is 2.12. The summed E-state index contributed by atoms with van der Waals surface area (Å²) in [6, 6.07) is 12.5. The van der Waals surface area contributed by atoms with Crippen molar-refractivity contribution >= 4 is 27.1 Å². The minimum Gasteiger partial charge on any atom is -0.378 e. The van der Waals surface area contributed by atoms with Gasteiger partial charge in [0.2, 0.25) is 0 Å². The van der Waals surface area contributed by atoms with Crippen LogP contribution < -0.4 is 4.90 Å². The molecule has 0 fully saturated rings. The molecule has 0 aliphatic rings. The van der Waals surface area contributed by atoms with E-state index in [0.717, 1.165) is 5.69 Å². The number of anilines is 1. The van der Waals surface area contributed by atoms with E-state index in [9.17, 15) is 18.5 Å². The summed E-state index contributed by atoms with van der Waals surface area (Å²) in [5.74, 6) is 0. The van der Waals surface area contributed by atoms with Gasteiger partial charge >= 0.3 is 0 Å². The summed E-state index contributed by atoms with van der Waals surface area (Å²) in [5, 5.41) is 17.0. The summed E-state index contributed by atoms with van der Waals surface area (Å²) in [5.41, 5.74) is 2.07. The normalized spacial score (nSPS) is 11.4. The molecule has 2 aromatic rings. The van der Waals surface area contributed by atoms with Gasteiger partial charge in [-0.25, -0.2) is 8.42 Å². The summed E-state index contributed by atoms with van der Waals surface area (Å²) in [7, 11) is -0.452. The van der Waals surface area contributed by atoms with Gasteiger partial charge in [0.15, 0.2) is 10.0 Å². The third kappa shape index (κ3) is 4.49. The van der Waals surface area contributed by atoms with Crippen molar-refractivity contribution in [2.45, 2.75) is 4.90 Å². The minimum absolute atomic E-state index is 0.284. The Morgan fingerprint density at radius 2 is 1.42 bits per heavy atom. The highest BCUT2D eigenvalue weighted by atomic mass is 32.2. The maximum Gasteiger partial charge on any atom is 0.172 e. The number of benzene rings is 2. The van der Waals surface area contributed by atoms with Gasteiger partial charge in [-0.1, -0.05) is 0 Å². The summed E-state index contributed by atoms with van der Waals surface area (Å²) in [6.45, 7) is 0. The van der Waals surface area contributed by atoms with E-state index in [4.69, 9.17) is 0 Å². The molecule has 0 N–H and O–H groups in total. The third-order valence-corrected chi connectivity index (χ3v) is 4.17. The Hall–Kier alpha value is -3.01. The molecular weight excluding hydrogens is 334 g/mol. The number of hydrogen-bond acceptors (Lipinski definition) is 7. The molecule has 0 amide bonds. The van der Waals surface area contributed by atoms with Gasteiger partial charge in [-0.05, 0) is 53.6 Å². The van der Waals surface area contributed by atoms with E-state index in [-0.39, 0.29) is 4.90 Å². The van der Waals surface area contributed by atoms with E-state index < -0.39 is 15.1 Å². The van der Waals surface area contributed by atoms with Crippen molar-refractivity contribution in [3.8, 4) is 0 Å². The molecule has 0 aromatic heterocycles. The number of nitrogens with zero attached hydrogens (tertiary/aromatic N) is 5. The van der Waals surface area contributed by atoms with Crippen LogP contribution in [0.15, 0.2) is 63.7 Å². The Bertz CT molecular complexity index is 846. The predicted octanol–water partition coefficient (Wildman–Crippen LogP) is 3.42. The number of azo groups is 1. The van der Waals surface area contributed by atoms with Crippen LogP contribution in [0.2, 0.25) is 0 Å². The second-order valence-electron chi connectivity index (χ2n) is 4.90. The molecule has 24 heavy (non-hydrogen) atoms. The van der Waals surface area contributed by atoms with Crippen LogP contribution in [0.3, 0.4) is 0 Å². The molecule has 9 nitrogen and oxygen atoms in total. The number of sulfonamides is 1. The van der Waals surface area contributed by atoms with Crippen LogP contribution in [0, 0.1) is 10.1 Å². The molecular formula is C14H14N5O4S-. The van der Waals surface area contributed by atoms with Crippen molar-refractivity contribution in [1.82, 2.24) is 0 Å². The number of rotatable bonds is 6. The van der Waals surface area contributed by atoms with Gasteiger partial charge in [0.25, 0.3) is 0 Å². The molecule has 0 saturated carbocycles. The van der Waals surface area contributed by atoms with E-state index in [1.807, 2.05) is 31.1 Å². The lowest BCUT2D eigenvalue weighted by atomic mass is 10.3. The zero-order chi connectivity index (χ0) is 17.7. The summed E-state index contributed by atoms with van der Waals surface area (Å²) >= 11 is 0. The molecule has 2 rings (SSSR count). The lowest BCUT2D eigenvalue weighted by Gasteiger charge is -2.11. The Kier molecular flexibility index (Phi) is 5.09. The monoisotopic (exact) mass is 348 g/mol. The van der Waals surface area contributed by atoms with Gasteiger partial charge in [-0.3, -0.25) is 14.9 Å². The summed E-state index contributed by atoms with van der Waals surface area (Å²) < 4.78 is 23.1. The smallest absolute Gasteiger partial charge is 0.172 e. The first kappa shape index (κ1) is 17.3. The highest BCUT2D eigenvalue weighted by Crippen LogP contribution is 2.23. The molecule has 0 saturated heterocycles. The second-order valence-corrected chi connectivity index (χ2v) is 6.48. The topological polar surface area (TPSA) is 119 Å². The Morgan fingerprint density at radius 1 is 0.958 bits per heavy atom. The van der Waals surface area contributed by atoms with Crippen molar-refractivity contribution in [1.29, 1.82) is 0 Å². The van der Waals surface area contributed by atoms with Gasteiger partial charge in [0, 0.05) is 19.8 Å². The summed E-state index contributed by atoms with van der Waals surface area (Å²) in [4.78, 5) is 14.3. The maximum atomic E-state index is 11.6. The SMILES string of the molecule is CN(C)c1ccc(N=Nc2ccc(S(=O)(=O)[N-][N+](=O)[O-])cc2)cc1. The van der Waals surface area contributed by atoms with Crippen LogP contribution in [0.25, 0.3) is 4.83 Å². The zero-order valence-electron chi connectivity index (χ0n) is 12.9. The molecule has 0 heterocycles. The standard InChI is InChI=1S/C14H14N5O4S/c1-18(2)13-7-3-11(4-8-13)15-16-12-5-9-14(10-6-12)24(22,23)17-19(20)21/h3-10H,1-2H3/q-1. The lowest BCUT2D eigenvalue weighted by molar-refractivity contribution is -0.412. The molecule has 0 radical (unpaired) electrons. The minimum atomic E-state index is -4.31. The second kappa shape index (κ2) is 7.04. The van der Waals surface area contributed by atoms with E-state index in [0.29, 0.717) is 11.4 Å². The lowest BCUT2D eigenvalue weighted by Crippen LogP contribution is -2.07. The first-order valence-corrected chi connectivity index (χ1v) is 8.13. The van der Waals surface area contributed by atoms with Crippen molar-refractivity contribution in [2.75, 3.05) is 19.0 Å². The number of hydrogen-bond donors (Lipinski definition) is 0. The molecule has 0 atom stereocenters. The fourth-order valence-electron chi connectivity index (χ4n) is 1.75. The largest absolute Gasteiger partial charge is 0.378 e. The first-order chi connectivity index (χ1) is 11.3. The summed E-state index contributed by atoms with van der Waals surface area (Å²) in [6.07, 6.45) is 0. The van der Waals surface area contributed by atoms with Gasteiger partial charge < -0.3 is 4.90 Å². The van der Waals surface area contributed by atoms with Crippen molar-refractivity contribution in [3.05, 3.63) is 63.5 Å². The van der Waals surface area contributed by atoms with Crippen molar-refractivity contribution in [3.63, 3.8) is 0 Å². The average molecular weight is 348 g/mol. The fourth-order valence-corrected chi connectivity index (χ4v) is 2.50. The molecule has 0 aliphatic carbocycles. The highest BCUT2D eigenvalue weighted by Gasteiger charge is 2.08. The van der Waals surface area contributed by atoms with E-state index in [1.165, 1.54) is 24.3 Å². The quantitative estimate of drug-likeness (QED) is 0.450. The van der Waals surface area contributed by atoms with Crippen LogP contribution >= 0.6 is 0 Å². The fraction of sp³-hybridized carbons (Fsp3) is 0.143. The molecule has 126 valence electrons. The number of nitro groups is 1. The van der Waals surface area contributed by atoms with Gasteiger partial charge in [-0.15, -0.1) is 0 Å². The van der Waals surface area contributed by atoms with Crippen molar-refractivity contribution in [2.24, 2.45) is 10.2 Å². The van der Waals surface area contributed by atoms with Crippen LogP contribution in [0.1, 0.15) is 0 Å². The molecule has 0 spiro atoms. The third-order valence-electron chi connectivity index (χ3n) is 2.96. The molecule has 10 heteroatoms. The molecule has 0 aliphatic heterocycles. The molecule has 0 bridgehead atoms. The van der Waals surface area contributed by atoms with E-state index in [2.05, 4.69) is 15.1 Å². The highest BCUT2D eigenvalue weighted by molar-refractivity contribution is 7.93. The van der Waals surface area contributed by atoms with Gasteiger partial charge in [-0.2, -0.15) is 10.2 Å². The average Bonchev–Trinajstić information content (AvgIpc) is 2.52. The van der Waals surface area contributed by atoms with Crippen LogP contribution in [0.4, 0.5) is 17.1 Å². The van der Waals surface area contributed by atoms with Crippen molar-refractivity contribution < 1.29 is 13.5 Å². The van der Waals surface area contributed by atoms with E-state index in [1.54, 1.807) is 12.1 Å². The van der Waals surface area contributed by atoms with Crippen LogP contribution in [-0.4, -0.2) is 27.5 Å².